The van der Waals surface area contributed by atoms with E-state index in [2.05, 4.69) is 15.3 Å². The van der Waals surface area contributed by atoms with Gasteiger partial charge in [0.1, 0.15) is 35.2 Å². The van der Waals surface area contributed by atoms with E-state index >= 15 is 0 Å². The second-order valence-electron chi connectivity index (χ2n) is 11.7. The fraction of sp³-hybridized carbons (Fsp3) is 0.303. The maximum Gasteiger partial charge on any atom is 0.398 e. The number of nitrogens with one attached hydrogen (secondary N) is 1. The van der Waals surface area contributed by atoms with Gasteiger partial charge >= 0.3 is 6.18 Å². The quantitative estimate of drug-likeness (QED) is 0.273. The zero-order valence-corrected chi connectivity index (χ0v) is 24.9. The Hall–Kier alpha value is -5.07. The summed E-state index contributed by atoms with van der Waals surface area (Å²) < 4.78 is 63.5. The molecule has 2 aromatic heterocycles. The first-order valence-electron chi connectivity index (χ1n) is 14.6. The van der Waals surface area contributed by atoms with E-state index in [4.69, 9.17) is 10.5 Å². The van der Waals surface area contributed by atoms with Crippen LogP contribution in [0.5, 0.6) is 5.75 Å². The zero-order chi connectivity index (χ0) is 33.0. The summed E-state index contributed by atoms with van der Waals surface area (Å²) in [5, 5.41) is 2.94. The number of rotatable bonds is 7. The molecule has 2 aromatic carbocycles. The molecule has 3 amide bonds. The van der Waals surface area contributed by atoms with Crippen molar-refractivity contribution in [3.8, 4) is 17.0 Å². The van der Waals surface area contributed by atoms with Gasteiger partial charge in [-0.1, -0.05) is 6.07 Å². The molecule has 0 bridgehead atoms. The number of nitrogens with two attached hydrogens (primary N) is 1. The van der Waals surface area contributed by atoms with Crippen LogP contribution in [0, 0.1) is 12.7 Å². The Morgan fingerprint density at radius 2 is 1.85 bits per heavy atom. The lowest BCUT2D eigenvalue weighted by atomic mass is 9.82. The summed E-state index contributed by atoms with van der Waals surface area (Å²) in [6, 6.07) is 12.5. The molecule has 1 unspecified atom stereocenters. The topological polar surface area (TPSA) is 128 Å². The van der Waals surface area contributed by atoms with Gasteiger partial charge in [-0.3, -0.25) is 19.4 Å². The van der Waals surface area contributed by atoms with Crippen LogP contribution in [0.15, 0.2) is 54.6 Å². The molecule has 0 aliphatic carbocycles. The minimum absolute atomic E-state index is 0.0182. The van der Waals surface area contributed by atoms with Gasteiger partial charge in [-0.15, -0.1) is 0 Å². The number of hydrogen-bond donors (Lipinski definition) is 2. The van der Waals surface area contributed by atoms with Crippen molar-refractivity contribution in [2.75, 3.05) is 24.6 Å². The van der Waals surface area contributed by atoms with Crippen LogP contribution >= 0.6 is 0 Å². The van der Waals surface area contributed by atoms with Crippen molar-refractivity contribution in [2.45, 2.75) is 44.2 Å². The average molecular weight is 636 g/mol. The summed E-state index contributed by atoms with van der Waals surface area (Å²) >= 11 is 0. The third-order valence-corrected chi connectivity index (χ3v) is 8.51. The maximum absolute atomic E-state index is 14.7. The number of ether oxygens (including phenoxy) is 1. The Kier molecular flexibility index (Phi) is 7.65. The maximum atomic E-state index is 14.7. The third-order valence-electron chi connectivity index (χ3n) is 8.51. The number of anilines is 1. The number of pyridine rings is 2. The molecule has 0 spiro atoms. The Labute approximate surface area is 260 Å². The number of alkyl halides is 3. The van der Waals surface area contributed by atoms with E-state index in [0.717, 1.165) is 18.2 Å². The number of hydrogen-bond acceptors (Lipinski definition) is 6. The minimum atomic E-state index is -4.88. The Balaban J connectivity index is 1.38. The van der Waals surface area contributed by atoms with Gasteiger partial charge in [0.05, 0.1) is 16.9 Å². The molecule has 6 rings (SSSR count). The molecule has 1 fully saturated rings. The fourth-order valence-corrected chi connectivity index (χ4v) is 5.83. The number of fused-ring (bicyclic) bond motifs is 2. The first-order chi connectivity index (χ1) is 21.8. The van der Waals surface area contributed by atoms with Crippen LogP contribution in [-0.4, -0.2) is 53.6 Å². The Morgan fingerprint density at radius 3 is 2.50 bits per heavy atom. The van der Waals surface area contributed by atoms with Crippen LogP contribution in [0.2, 0.25) is 0 Å². The molecular formula is C33H29F4N5O4. The van der Waals surface area contributed by atoms with Crippen molar-refractivity contribution in [1.29, 1.82) is 0 Å². The number of amides is 3. The van der Waals surface area contributed by atoms with Gasteiger partial charge in [-0.05, 0) is 68.8 Å². The molecule has 238 valence electrons. The molecule has 2 aliphatic rings. The van der Waals surface area contributed by atoms with Gasteiger partial charge in [-0.2, -0.15) is 13.2 Å². The van der Waals surface area contributed by atoms with Gasteiger partial charge in [0.15, 0.2) is 0 Å². The summed E-state index contributed by atoms with van der Waals surface area (Å²) in [6.45, 7) is 2.57. The highest BCUT2D eigenvalue weighted by molar-refractivity contribution is 6.07. The Bertz CT molecular complexity index is 1900. The predicted molar refractivity (Wildman–Crippen MR) is 161 cm³/mol. The summed E-state index contributed by atoms with van der Waals surface area (Å²) in [5.41, 5.74) is 5.75. The van der Waals surface area contributed by atoms with Crippen LogP contribution < -0.4 is 20.7 Å². The van der Waals surface area contributed by atoms with Crippen LogP contribution in [0.25, 0.3) is 22.2 Å². The van der Waals surface area contributed by atoms with Crippen molar-refractivity contribution in [2.24, 2.45) is 5.73 Å². The third kappa shape index (κ3) is 5.50. The molecule has 46 heavy (non-hydrogen) atoms. The highest BCUT2D eigenvalue weighted by atomic mass is 19.4. The van der Waals surface area contributed by atoms with Gasteiger partial charge in [0.2, 0.25) is 11.8 Å². The first kappa shape index (κ1) is 30.9. The number of halogens is 4. The first-order valence-corrected chi connectivity index (χ1v) is 14.6. The predicted octanol–water partition coefficient (Wildman–Crippen LogP) is 5.08. The van der Waals surface area contributed by atoms with Gasteiger partial charge in [0, 0.05) is 47.3 Å². The van der Waals surface area contributed by atoms with Crippen LogP contribution in [0.3, 0.4) is 0 Å². The molecule has 2 aliphatic heterocycles. The van der Waals surface area contributed by atoms with Gasteiger partial charge in [0.25, 0.3) is 5.91 Å². The largest absolute Gasteiger partial charge is 0.489 e. The van der Waals surface area contributed by atoms with Gasteiger partial charge < -0.3 is 20.7 Å². The number of aryl methyl sites for hydroxylation is 1. The summed E-state index contributed by atoms with van der Waals surface area (Å²) in [7, 11) is 0. The molecule has 13 heteroatoms. The number of carbonyl (C=O) groups is 3. The van der Waals surface area contributed by atoms with Gasteiger partial charge in [-0.25, -0.2) is 9.37 Å². The van der Waals surface area contributed by atoms with Crippen molar-refractivity contribution in [3.63, 3.8) is 0 Å². The molecule has 4 aromatic rings. The highest BCUT2D eigenvalue weighted by Gasteiger charge is 2.47. The molecule has 1 saturated heterocycles. The van der Waals surface area contributed by atoms with Crippen LogP contribution in [0.4, 0.5) is 23.2 Å². The SMILES string of the molecule is Cc1ccc2cc(C(=O)NCC(c3cc4c(c(-c5ccc(F)cc5)n3)OC[C@]4(C)C(N)=O)C(F)(F)F)cc(N3CCCC3=O)c2n1. The molecule has 9 nitrogen and oxygen atoms in total. The average Bonchev–Trinajstić information content (AvgIpc) is 3.59. The monoisotopic (exact) mass is 635 g/mol. The normalized spacial score (nSPS) is 18.4. The van der Waals surface area contributed by atoms with E-state index in [1.165, 1.54) is 36.1 Å². The molecule has 0 saturated carbocycles. The van der Waals surface area contributed by atoms with Crippen molar-refractivity contribution in [1.82, 2.24) is 15.3 Å². The van der Waals surface area contributed by atoms with E-state index in [1.54, 1.807) is 19.1 Å². The second kappa shape index (κ2) is 11.4. The smallest absolute Gasteiger partial charge is 0.398 e. The Morgan fingerprint density at radius 1 is 1.11 bits per heavy atom. The fourth-order valence-electron chi connectivity index (χ4n) is 5.83. The summed E-state index contributed by atoms with van der Waals surface area (Å²) in [5.74, 6) is -4.53. The van der Waals surface area contributed by atoms with Crippen LogP contribution in [0.1, 0.15) is 53.0 Å². The van der Waals surface area contributed by atoms with E-state index in [0.29, 0.717) is 41.7 Å². The lowest BCUT2D eigenvalue weighted by Gasteiger charge is -2.24. The lowest BCUT2D eigenvalue weighted by molar-refractivity contribution is -0.149. The van der Waals surface area contributed by atoms with E-state index in [-0.39, 0.29) is 40.6 Å². The number of carbonyl (C=O) groups excluding carboxylic acids is 3. The van der Waals surface area contributed by atoms with Crippen molar-refractivity contribution in [3.05, 3.63) is 82.9 Å². The van der Waals surface area contributed by atoms with E-state index in [1.807, 2.05) is 0 Å². The molecular weight excluding hydrogens is 606 g/mol. The molecule has 4 heterocycles. The molecule has 0 radical (unpaired) electrons. The number of primary amides is 1. The minimum Gasteiger partial charge on any atom is -0.489 e. The highest BCUT2D eigenvalue weighted by Crippen LogP contribution is 2.46. The van der Waals surface area contributed by atoms with E-state index < -0.39 is 47.4 Å². The van der Waals surface area contributed by atoms with Crippen molar-refractivity contribution >= 4 is 34.3 Å². The molecule has 2 atom stereocenters. The summed E-state index contributed by atoms with van der Waals surface area (Å²) in [4.78, 5) is 48.8. The standard InChI is InChI=1S/C33H29F4N5O4/c1-17-5-6-19-12-20(13-25(27(19)40-17)42-11-3-4-26(42)43)30(44)39-15-23(33(35,36)37)24-14-22-29(46-16-32(22,2)31(38)45)28(41-24)18-7-9-21(34)10-8-18/h5-10,12-14,23H,3-4,11,15-16H2,1-2H3,(H2,38,45)(H,39,44)/t23?,32-/m0/s1. The molecule has 3 N–H and O–H groups in total. The lowest BCUT2D eigenvalue weighted by Crippen LogP contribution is -2.40. The van der Waals surface area contributed by atoms with Crippen LogP contribution in [-0.2, 0) is 15.0 Å². The second-order valence-corrected chi connectivity index (χ2v) is 11.7. The zero-order valence-electron chi connectivity index (χ0n) is 24.9. The number of benzene rings is 2. The van der Waals surface area contributed by atoms with E-state index in [9.17, 15) is 31.9 Å². The summed E-state index contributed by atoms with van der Waals surface area (Å²) in [6.07, 6.45) is -3.91. The number of nitrogens with zero attached hydrogens (tertiary/aromatic N) is 3. The number of aromatic nitrogens is 2. The van der Waals surface area contributed by atoms with Crippen molar-refractivity contribution < 1.29 is 36.7 Å².